The molecular weight excluding hydrogens is 548 g/mol. The molecule has 2 aliphatic rings. The fourth-order valence-corrected chi connectivity index (χ4v) is 5.56. The topological polar surface area (TPSA) is 220 Å². The largest absolute Gasteiger partial charge is 0.334 e. The Morgan fingerprint density at radius 3 is 1.88 bits per heavy atom. The lowest BCUT2D eigenvalue weighted by molar-refractivity contribution is -0.432. The van der Waals surface area contributed by atoms with E-state index in [-0.39, 0.29) is 35.8 Å². The molecule has 0 aromatic heterocycles. The van der Waals surface area contributed by atoms with E-state index in [1.165, 1.54) is 0 Å². The van der Waals surface area contributed by atoms with Crippen molar-refractivity contribution >= 4 is 79.3 Å². The molecule has 0 bridgehead atoms. The SMILES string of the molecule is O=C(CCSSCCC(=O)ON1C(=O)CC(S(=O)(=O)O)C1=O)ON1C(=O)CC(SOOO)C1=O. The van der Waals surface area contributed by atoms with Crippen LogP contribution in [0, 0.1) is 0 Å². The molecule has 2 heterocycles. The Morgan fingerprint density at radius 2 is 1.41 bits per heavy atom. The van der Waals surface area contributed by atoms with Gasteiger partial charge in [-0.15, -0.1) is 14.5 Å². The van der Waals surface area contributed by atoms with Crippen LogP contribution in [0.4, 0.5) is 0 Å². The van der Waals surface area contributed by atoms with Gasteiger partial charge in [0.1, 0.15) is 5.25 Å². The van der Waals surface area contributed by atoms with E-state index >= 15 is 0 Å². The first-order valence-electron chi connectivity index (χ1n) is 8.95. The van der Waals surface area contributed by atoms with Crippen molar-refractivity contribution in [2.24, 2.45) is 0 Å². The first kappa shape index (κ1) is 28.3. The first-order chi connectivity index (χ1) is 16.0. The van der Waals surface area contributed by atoms with Crippen molar-refractivity contribution in [2.45, 2.75) is 36.2 Å². The third-order valence-corrected chi connectivity index (χ3v) is 8.15. The molecule has 0 spiro atoms. The van der Waals surface area contributed by atoms with Crippen LogP contribution in [-0.2, 0) is 57.9 Å². The molecule has 2 unspecified atom stereocenters. The highest BCUT2D eigenvalue weighted by atomic mass is 33.1. The molecule has 0 aromatic rings. The number of imide groups is 2. The van der Waals surface area contributed by atoms with Crippen molar-refractivity contribution < 1.29 is 66.0 Å². The summed E-state index contributed by atoms with van der Waals surface area (Å²) in [4.78, 5) is 79.9. The molecule has 2 aliphatic heterocycles. The third kappa shape index (κ3) is 7.80. The summed E-state index contributed by atoms with van der Waals surface area (Å²) in [6.07, 6.45) is -1.64. The average Bonchev–Trinajstić information content (AvgIpc) is 3.19. The molecule has 0 aromatic carbocycles. The summed E-state index contributed by atoms with van der Waals surface area (Å²) >= 11 is 0.368. The Hall–Kier alpha value is -1.94. The van der Waals surface area contributed by atoms with Crippen LogP contribution in [0.1, 0.15) is 25.7 Å². The van der Waals surface area contributed by atoms with Gasteiger partial charge in [0.15, 0.2) is 5.25 Å². The molecule has 0 radical (unpaired) electrons. The summed E-state index contributed by atoms with van der Waals surface area (Å²) in [5.74, 6) is -5.67. The second kappa shape index (κ2) is 12.7. The van der Waals surface area contributed by atoms with Gasteiger partial charge in [-0.2, -0.15) is 8.42 Å². The minimum absolute atomic E-state index is 0.00153. The minimum atomic E-state index is -4.82. The van der Waals surface area contributed by atoms with Crippen molar-refractivity contribution in [2.75, 3.05) is 11.5 Å². The molecule has 2 fully saturated rings. The van der Waals surface area contributed by atoms with Crippen LogP contribution in [0.25, 0.3) is 0 Å². The fourth-order valence-electron chi connectivity index (χ4n) is 2.39. The van der Waals surface area contributed by atoms with Gasteiger partial charge in [0, 0.05) is 23.5 Å². The maximum Gasteiger partial charge on any atom is 0.334 e. The number of amides is 4. The maximum absolute atomic E-state index is 11.9. The molecule has 34 heavy (non-hydrogen) atoms. The predicted molar refractivity (Wildman–Crippen MR) is 111 cm³/mol. The van der Waals surface area contributed by atoms with E-state index in [4.69, 9.17) is 14.6 Å². The highest BCUT2D eigenvalue weighted by Crippen LogP contribution is 2.27. The smallest absolute Gasteiger partial charge is 0.330 e. The monoisotopic (exact) mass is 564 g/mol. The molecule has 2 atom stereocenters. The number of nitrogens with zero attached hydrogens (tertiary/aromatic N) is 2. The quantitative estimate of drug-likeness (QED) is 0.0535. The van der Waals surface area contributed by atoms with E-state index in [9.17, 15) is 37.2 Å². The van der Waals surface area contributed by atoms with E-state index in [0.29, 0.717) is 17.1 Å². The van der Waals surface area contributed by atoms with Crippen molar-refractivity contribution in [3.05, 3.63) is 0 Å². The number of hydroxylamine groups is 4. The van der Waals surface area contributed by atoms with Crippen LogP contribution in [0.3, 0.4) is 0 Å². The Bertz CT molecular complexity index is 956. The van der Waals surface area contributed by atoms with E-state index in [1.807, 2.05) is 0 Å². The zero-order valence-corrected chi connectivity index (χ0v) is 20.0. The van der Waals surface area contributed by atoms with Crippen molar-refractivity contribution in [3.8, 4) is 0 Å². The van der Waals surface area contributed by atoms with E-state index < -0.39 is 62.6 Å². The summed E-state index contributed by atoms with van der Waals surface area (Å²) in [5.41, 5.74) is 0. The molecule has 16 nitrogen and oxygen atoms in total. The standard InChI is InChI=1S/C14H16N2O14S4/c17-9-5-7(33-30-29-23)13(21)15(9)27-11(19)1-3-31-32-4-2-12(20)28-16-10(18)6-8(14(16)22)34(24,25)26/h7-8,23H,1-6H2,(H,24,25,26). The van der Waals surface area contributed by atoms with Gasteiger partial charge in [0.25, 0.3) is 33.7 Å². The Kier molecular flexibility index (Phi) is 10.5. The Morgan fingerprint density at radius 1 is 0.912 bits per heavy atom. The molecule has 2 rings (SSSR count). The molecule has 2 saturated heterocycles. The van der Waals surface area contributed by atoms with Gasteiger partial charge in [-0.1, -0.05) is 26.6 Å². The van der Waals surface area contributed by atoms with Crippen molar-refractivity contribution in [3.63, 3.8) is 0 Å². The highest BCUT2D eigenvalue weighted by molar-refractivity contribution is 8.76. The summed E-state index contributed by atoms with van der Waals surface area (Å²) in [5, 5.41) is 8.64. The zero-order chi connectivity index (χ0) is 25.5. The molecular formula is C14H16N2O14S4. The lowest BCUT2D eigenvalue weighted by atomic mass is 10.4. The van der Waals surface area contributed by atoms with Crippen molar-refractivity contribution in [1.29, 1.82) is 0 Å². The highest BCUT2D eigenvalue weighted by Gasteiger charge is 2.48. The van der Waals surface area contributed by atoms with Gasteiger partial charge in [0.2, 0.25) is 0 Å². The van der Waals surface area contributed by atoms with E-state index in [2.05, 4.69) is 14.2 Å². The lowest BCUT2D eigenvalue weighted by Gasteiger charge is -2.13. The number of hydrogen-bond acceptors (Lipinski definition) is 16. The first-order valence-corrected chi connectivity index (χ1v) is 13.7. The predicted octanol–water partition coefficient (Wildman–Crippen LogP) is -0.723. The van der Waals surface area contributed by atoms with Gasteiger partial charge >= 0.3 is 11.9 Å². The second-order valence-corrected chi connectivity index (χ2v) is 11.5. The lowest BCUT2D eigenvalue weighted by Crippen LogP contribution is -2.36. The van der Waals surface area contributed by atoms with E-state index in [1.54, 1.807) is 0 Å². The van der Waals surface area contributed by atoms with Gasteiger partial charge in [-0.3, -0.25) is 23.7 Å². The minimum Gasteiger partial charge on any atom is -0.330 e. The van der Waals surface area contributed by atoms with Crippen molar-refractivity contribution in [1.82, 2.24) is 10.1 Å². The molecule has 2 N–H and O–H groups in total. The van der Waals surface area contributed by atoms with Gasteiger partial charge in [-0.25, -0.2) is 14.8 Å². The van der Waals surface area contributed by atoms with Crippen LogP contribution in [0.15, 0.2) is 0 Å². The van der Waals surface area contributed by atoms with Crippen LogP contribution in [0.5, 0.6) is 0 Å². The Labute approximate surface area is 203 Å². The zero-order valence-electron chi connectivity index (χ0n) is 16.7. The van der Waals surface area contributed by atoms with Crippen LogP contribution >= 0.6 is 33.6 Å². The van der Waals surface area contributed by atoms with Gasteiger partial charge < -0.3 is 9.68 Å². The van der Waals surface area contributed by atoms with Crippen LogP contribution in [0.2, 0.25) is 0 Å². The number of hydrogen-bond donors (Lipinski definition) is 2. The Balaban J connectivity index is 1.62. The maximum atomic E-state index is 11.9. The second-order valence-electron chi connectivity index (χ2n) is 6.26. The normalized spacial score (nSPS) is 20.9. The summed E-state index contributed by atoms with van der Waals surface area (Å²) in [6, 6.07) is 0. The van der Waals surface area contributed by atoms with Gasteiger partial charge in [0.05, 0.1) is 25.7 Å². The summed E-state index contributed by atoms with van der Waals surface area (Å²) < 4.78 is 35.1. The molecule has 20 heteroatoms. The number of carbonyl (C=O) groups excluding carboxylic acids is 6. The number of carbonyl (C=O) groups is 6. The summed E-state index contributed by atoms with van der Waals surface area (Å²) in [7, 11) is -2.56. The third-order valence-electron chi connectivity index (χ3n) is 3.92. The molecule has 190 valence electrons. The van der Waals surface area contributed by atoms with Crippen LogP contribution in [-0.4, -0.2) is 85.9 Å². The summed E-state index contributed by atoms with van der Waals surface area (Å²) in [6.45, 7) is 0. The molecule has 0 saturated carbocycles. The fraction of sp³-hybridized carbons (Fsp3) is 0.571. The van der Waals surface area contributed by atoms with Crippen LogP contribution < -0.4 is 0 Å². The number of rotatable bonds is 13. The van der Waals surface area contributed by atoms with E-state index in [0.717, 1.165) is 21.6 Å². The van der Waals surface area contributed by atoms with Gasteiger partial charge in [-0.05, 0) is 0 Å². The molecule has 0 aliphatic carbocycles. The average molecular weight is 565 g/mol. The molecule has 4 amide bonds.